The predicted molar refractivity (Wildman–Crippen MR) is 65.2 cm³/mol. The smallest absolute Gasteiger partial charge is 0.106 e. The molecule has 0 aromatic heterocycles. The molecule has 1 aliphatic rings. The van der Waals surface area contributed by atoms with Gasteiger partial charge in [0.15, 0.2) is 0 Å². The SMILES string of the molecule is CC1(Br)C(Br)=CC(O)C(Br)=C1Br. The van der Waals surface area contributed by atoms with E-state index in [9.17, 15) is 5.11 Å². The van der Waals surface area contributed by atoms with E-state index in [1.165, 1.54) is 0 Å². The van der Waals surface area contributed by atoms with Gasteiger partial charge in [0.1, 0.15) is 6.10 Å². The Morgan fingerprint density at radius 3 is 2.42 bits per heavy atom. The average Bonchev–Trinajstić information content (AvgIpc) is 1.99. The van der Waals surface area contributed by atoms with Crippen LogP contribution < -0.4 is 0 Å². The summed E-state index contributed by atoms with van der Waals surface area (Å²) in [6.45, 7) is 1.99. The molecule has 0 bridgehead atoms. The van der Waals surface area contributed by atoms with Gasteiger partial charge in [-0.15, -0.1) is 0 Å². The lowest BCUT2D eigenvalue weighted by molar-refractivity contribution is 0.265. The summed E-state index contributed by atoms with van der Waals surface area (Å²) in [7, 11) is 0. The maximum Gasteiger partial charge on any atom is 0.106 e. The van der Waals surface area contributed by atoms with Crippen molar-refractivity contribution in [3.8, 4) is 0 Å². The Morgan fingerprint density at radius 1 is 1.42 bits per heavy atom. The van der Waals surface area contributed by atoms with Gasteiger partial charge in [-0.25, -0.2) is 0 Å². The number of hydrogen-bond donors (Lipinski definition) is 1. The van der Waals surface area contributed by atoms with Crippen LogP contribution in [-0.2, 0) is 0 Å². The van der Waals surface area contributed by atoms with Crippen LogP contribution in [0.25, 0.3) is 0 Å². The van der Waals surface area contributed by atoms with E-state index in [0.29, 0.717) is 0 Å². The second-order valence-electron chi connectivity index (χ2n) is 2.62. The number of halogens is 4. The van der Waals surface area contributed by atoms with Crippen LogP contribution in [0.1, 0.15) is 6.92 Å². The molecule has 0 saturated carbocycles. The molecule has 0 aromatic rings. The lowest BCUT2D eigenvalue weighted by Gasteiger charge is -2.29. The summed E-state index contributed by atoms with van der Waals surface area (Å²) in [5.74, 6) is 0. The van der Waals surface area contributed by atoms with Crippen molar-refractivity contribution in [2.45, 2.75) is 17.4 Å². The molecule has 0 aliphatic heterocycles. The molecular weight excluding hydrogens is 420 g/mol. The first-order valence-electron chi connectivity index (χ1n) is 3.17. The first-order chi connectivity index (χ1) is 5.37. The standard InChI is InChI=1S/C7H6Br4O/c1-7(11)4(8)2-3(12)5(9)6(7)10/h2-3,12H,1H3. The quantitative estimate of drug-likeness (QED) is 0.586. The van der Waals surface area contributed by atoms with Gasteiger partial charge in [-0.3, -0.25) is 0 Å². The lowest BCUT2D eigenvalue weighted by Crippen LogP contribution is -2.25. The van der Waals surface area contributed by atoms with Crippen molar-refractivity contribution < 1.29 is 5.11 Å². The van der Waals surface area contributed by atoms with Crippen molar-refractivity contribution in [3.05, 3.63) is 19.5 Å². The van der Waals surface area contributed by atoms with Crippen LogP contribution in [0.2, 0.25) is 0 Å². The van der Waals surface area contributed by atoms with Crippen LogP contribution in [0.4, 0.5) is 0 Å². The average molecular weight is 426 g/mol. The van der Waals surface area contributed by atoms with E-state index in [0.717, 1.165) is 13.4 Å². The first kappa shape index (κ1) is 11.4. The van der Waals surface area contributed by atoms with Crippen LogP contribution in [0.15, 0.2) is 19.5 Å². The lowest BCUT2D eigenvalue weighted by atomic mass is 10.0. The summed E-state index contributed by atoms with van der Waals surface area (Å²) in [6.07, 6.45) is 1.17. The fourth-order valence-corrected chi connectivity index (χ4v) is 3.13. The van der Waals surface area contributed by atoms with Gasteiger partial charge in [0.05, 0.1) is 4.32 Å². The van der Waals surface area contributed by atoms with Gasteiger partial charge in [0.25, 0.3) is 0 Å². The highest BCUT2D eigenvalue weighted by atomic mass is 79.9. The second-order valence-corrected chi connectivity index (χ2v) is 6.71. The molecular formula is C7H6Br4O. The summed E-state index contributed by atoms with van der Waals surface area (Å²) >= 11 is 13.6. The third kappa shape index (κ3) is 1.90. The van der Waals surface area contributed by atoms with Crippen LogP contribution >= 0.6 is 63.7 Å². The summed E-state index contributed by atoms with van der Waals surface area (Å²) in [5, 5.41) is 9.49. The van der Waals surface area contributed by atoms with E-state index < -0.39 is 6.10 Å². The van der Waals surface area contributed by atoms with E-state index >= 15 is 0 Å². The van der Waals surface area contributed by atoms with Crippen LogP contribution in [-0.4, -0.2) is 15.5 Å². The zero-order chi connectivity index (χ0) is 9.52. The maximum absolute atomic E-state index is 9.49. The molecule has 2 unspecified atom stereocenters. The molecule has 1 N–H and O–H groups in total. The van der Waals surface area contributed by atoms with Gasteiger partial charge in [-0.2, -0.15) is 0 Å². The van der Waals surface area contributed by atoms with Crippen LogP contribution in [0, 0.1) is 0 Å². The number of allylic oxidation sites excluding steroid dienone is 2. The van der Waals surface area contributed by atoms with Gasteiger partial charge in [-0.05, 0) is 13.0 Å². The van der Waals surface area contributed by atoms with E-state index in [1.54, 1.807) is 6.08 Å². The number of alkyl halides is 1. The highest BCUT2D eigenvalue weighted by Crippen LogP contribution is 2.47. The Balaban J connectivity index is 3.16. The fourth-order valence-electron chi connectivity index (χ4n) is 0.827. The molecule has 0 heterocycles. The minimum atomic E-state index is -0.570. The molecule has 68 valence electrons. The van der Waals surface area contributed by atoms with Crippen molar-refractivity contribution >= 4 is 63.7 Å². The molecule has 0 amide bonds. The summed E-state index contributed by atoms with van der Waals surface area (Å²) in [4.78, 5) is 0. The van der Waals surface area contributed by atoms with Crippen molar-refractivity contribution in [1.29, 1.82) is 0 Å². The Labute approximate surface area is 105 Å². The Kier molecular flexibility index (Phi) is 3.67. The number of aliphatic hydroxyl groups is 1. The molecule has 1 aliphatic carbocycles. The third-order valence-electron chi connectivity index (χ3n) is 1.63. The van der Waals surface area contributed by atoms with Crippen molar-refractivity contribution in [1.82, 2.24) is 0 Å². The molecule has 1 rings (SSSR count). The van der Waals surface area contributed by atoms with Crippen LogP contribution in [0.5, 0.6) is 0 Å². The predicted octanol–water partition coefficient (Wildman–Crippen LogP) is 3.79. The van der Waals surface area contributed by atoms with E-state index in [2.05, 4.69) is 63.7 Å². The van der Waals surface area contributed by atoms with Gasteiger partial charge >= 0.3 is 0 Å². The number of hydrogen-bond acceptors (Lipinski definition) is 1. The minimum absolute atomic E-state index is 0.273. The minimum Gasteiger partial charge on any atom is -0.384 e. The molecule has 12 heavy (non-hydrogen) atoms. The Hall–Kier alpha value is 1.36. The van der Waals surface area contributed by atoms with Crippen molar-refractivity contribution in [2.75, 3.05) is 0 Å². The second kappa shape index (κ2) is 3.85. The zero-order valence-corrected chi connectivity index (χ0v) is 12.5. The van der Waals surface area contributed by atoms with E-state index in [-0.39, 0.29) is 4.32 Å². The van der Waals surface area contributed by atoms with E-state index in [4.69, 9.17) is 0 Å². The summed E-state index contributed by atoms with van der Waals surface area (Å²) < 4.78 is 2.30. The maximum atomic E-state index is 9.49. The molecule has 0 saturated heterocycles. The highest BCUT2D eigenvalue weighted by molar-refractivity contribution is 9.16. The monoisotopic (exact) mass is 422 g/mol. The third-order valence-corrected chi connectivity index (χ3v) is 7.20. The summed E-state index contributed by atoms with van der Waals surface area (Å²) in [5.41, 5.74) is 0. The number of aliphatic hydroxyl groups excluding tert-OH is 1. The Morgan fingerprint density at radius 2 is 1.92 bits per heavy atom. The van der Waals surface area contributed by atoms with Gasteiger partial charge < -0.3 is 5.11 Å². The van der Waals surface area contributed by atoms with Gasteiger partial charge in [0.2, 0.25) is 0 Å². The van der Waals surface area contributed by atoms with Gasteiger partial charge in [0, 0.05) is 13.4 Å². The first-order valence-corrected chi connectivity index (χ1v) is 6.35. The van der Waals surface area contributed by atoms with E-state index in [1.807, 2.05) is 6.92 Å². The van der Waals surface area contributed by atoms with Crippen LogP contribution in [0.3, 0.4) is 0 Å². The number of rotatable bonds is 0. The van der Waals surface area contributed by atoms with Crippen molar-refractivity contribution in [3.63, 3.8) is 0 Å². The molecule has 0 aromatic carbocycles. The molecule has 0 radical (unpaired) electrons. The molecule has 5 heteroatoms. The molecule has 1 nitrogen and oxygen atoms in total. The molecule has 0 spiro atoms. The molecule has 2 atom stereocenters. The highest BCUT2D eigenvalue weighted by Gasteiger charge is 2.35. The Bertz CT molecular complexity index is 267. The van der Waals surface area contributed by atoms with Gasteiger partial charge in [-0.1, -0.05) is 63.7 Å². The zero-order valence-electron chi connectivity index (χ0n) is 6.11. The van der Waals surface area contributed by atoms with Crippen molar-refractivity contribution in [2.24, 2.45) is 0 Å². The normalized spacial score (nSPS) is 36.8. The molecule has 0 fully saturated rings. The summed E-state index contributed by atoms with van der Waals surface area (Å²) in [6, 6.07) is 0. The largest absolute Gasteiger partial charge is 0.384 e. The topological polar surface area (TPSA) is 20.2 Å². The fraction of sp³-hybridized carbons (Fsp3) is 0.429.